The summed E-state index contributed by atoms with van der Waals surface area (Å²) in [4.78, 5) is 16.1. The molecule has 8 rings (SSSR count). The summed E-state index contributed by atoms with van der Waals surface area (Å²) in [5.74, 6) is 0. The third kappa shape index (κ3) is 4.66. The van der Waals surface area contributed by atoms with Crippen molar-refractivity contribution < 1.29 is 0 Å². The number of thiophene rings is 8. The Hall–Kier alpha value is -2.40. The summed E-state index contributed by atoms with van der Waals surface area (Å²) in [5, 5.41) is 8.68. The van der Waals surface area contributed by atoms with E-state index in [1.54, 1.807) is 0 Å². The Morgan fingerprint density at radius 3 is 1.05 bits per heavy atom. The molecule has 0 saturated carbocycles. The quantitative estimate of drug-likeness (QED) is 0.160. The molecule has 0 unspecified atom stereocenters. The molecule has 194 valence electrons. The maximum atomic E-state index is 2.39. The summed E-state index contributed by atoms with van der Waals surface area (Å²) in [6.07, 6.45) is 0. The van der Waals surface area contributed by atoms with Crippen LogP contribution in [0.4, 0.5) is 0 Å². The van der Waals surface area contributed by atoms with Gasteiger partial charge in [0.1, 0.15) is 0 Å². The molecule has 0 bridgehead atoms. The van der Waals surface area contributed by atoms with Gasteiger partial charge < -0.3 is 0 Å². The zero-order valence-electron chi connectivity index (χ0n) is 20.7. The third-order valence-corrected chi connectivity index (χ3v) is 15.4. The molecule has 0 atom stereocenters. The predicted octanol–water partition coefficient (Wildman–Crippen LogP) is 13.8. The van der Waals surface area contributed by atoms with Gasteiger partial charge in [-0.05, 0) is 82.2 Å². The molecule has 0 aliphatic carbocycles. The first-order chi connectivity index (χ1) is 19.8. The van der Waals surface area contributed by atoms with Crippen LogP contribution in [0.15, 0.2) is 106 Å². The molecular formula is C32H18S8. The van der Waals surface area contributed by atoms with Crippen LogP contribution in [0.1, 0.15) is 0 Å². The minimum atomic E-state index is 1.33. The number of hydrogen-bond donors (Lipinski definition) is 0. The highest BCUT2D eigenvalue weighted by molar-refractivity contribution is 7.29. The molecule has 0 radical (unpaired) electrons. The Labute approximate surface area is 264 Å². The SMILES string of the molecule is c1csc(-c2cc(-c3ccc(-c4ccc(-c5cc(-c6cccs6)sc5-c5cccs5)s4)s3)c(-c3cccs3)s2)c1. The lowest BCUT2D eigenvalue weighted by Crippen LogP contribution is -1.70. The van der Waals surface area contributed by atoms with Gasteiger partial charge in [-0.2, -0.15) is 0 Å². The summed E-state index contributed by atoms with van der Waals surface area (Å²) >= 11 is 14.9. The first-order valence-electron chi connectivity index (χ1n) is 12.4. The van der Waals surface area contributed by atoms with Crippen molar-refractivity contribution in [3.8, 4) is 69.7 Å². The van der Waals surface area contributed by atoms with Gasteiger partial charge in [0, 0.05) is 59.9 Å². The van der Waals surface area contributed by atoms with Gasteiger partial charge >= 0.3 is 0 Å². The zero-order chi connectivity index (χ0) is 26.5. The van der Waals surface area contributed by atoms with E-state index in [2.05, 4.69) is 106 Å². The maximum absolute atomic E-state index is 2.39. The second-order valence-electron chi connectivity index (χ2n) is 8.94. The van der Waals surface area contributed by atoms with Crippen LogP contribution in [-0.4, -0.2) is 0 Å². The van der Waals surface area contributed by atoms with Crippen LogP contribution in [0.3, 0.4) is 0 Å². The fourth-order valence-corrected chi connectivity index (χ4v) is 12.6. The summed E-state index contributed by atoms with van der Waals surface area (Å²) in [5.41, 5.74) is 2.70. The molecule has 8 heterocycles. The van der Waals surface area contributed by atoms with Crippen molar-refractivity contribution in [2.75, 3.05) is 0 Å². The highest BCUT2D eigenvalue weighted by atomic mass is 32.1. The second kappa shape index (κ2) is 10.8. The topological polar surface area (TPSA) is 0 Å². The maximum Gasteiger partial charge on any atom is 0.0536 e. The van der Waals surface area contributed by atoms with E-state index in [1.165, 1.54) is 69.7 Å². The summed E-state index contributed by atoms with van der Waals surface area (Å²) in [6.45, 7) is 0. The average Bonchev–Trinajstić information content (AvgIpc) is 3.85. The Morgan fingerprint density at radius 1 is 0.300 bits per heavy atom. The van der Waals surface area contributed by atoms with E-state index in [9.17, 15) is 0 Å². The van der Waals surface area contributed by atoms with Crippen LogP contribution < -0.4 is 0 Å². The van der Waals surface area contributed by atoms with Crippen molar-refractivity contribution in [1.82, 2.24) is 0 Å². The first kappa shape index (κ1) is 25.3. The van der Waals surface area contributed by atoms with Crippen molar-refractivity contribution in [3.63, 3.8) is 0 Å². The largest absolute Gasteiger partial charge is 0.143 e. The summed E-state index contributed by atoms with van der Waals surface area (Å²) in [7, 11) is 0. The molecule has 0 aliphatic heterocycles. The summed E-state index contributed by atoms with van der Waals surface area (Å²) in [6, 6.07) is 31.6. The molecule has 0 fully saturated rings. The molecule has 8 heteroatoms. The van der Waals surface area contributed by atoms with Crippen LogP contribution in [0.5, 0.6) is 0 Å². The van der Waals surface area contributed by atoms with E-state index >= 15 is 0 Å². The van der Waals surface area contributed by atoms with Crippen LogP contribution in [-0.2, 0) is 0 Å². The fourth-order valence-electron chi connectivity index (χ4n) is 4.64. The Balaban J connectivity index is 1.17. The zero-order valence-corrected chi connectivity index (χ0v) is 27.2. The highest BCUT2D eigenvalue weighted by Crippen LogP contribution is 2.51. The van der Waals surface area contributed by atoms with Crippen molar-refractivity contribution in [2.45, 2.75) is 0 Å². The van der Waals surface area contributed by atoms with E-state index in [0.29, 0.717) is 0 Å². The van der Waals surface area contributed by atoms with Gasteiger partial charge in [0.15, 0.2) is 0 Å². The van der Waals surface area contributed by atoms with Gasteiger partial charge in [-0.15, -0.1) is 90.7 Å². The van der Waals surface area contributed by atoms with Crippen molar-refractivity contribution in [1.29, 1.82) is 0 Å². The van der Waals surface area contributed by atoms with Crippen LogP contribution in [0.2, 0.25) is 0 Å². The van der Waals surface area contributed by atoms with Crippen molar-refractivity contribution >= 4 is 90.7 Å². The Kier molecular flexibility index (Phi) is 6.82. The number of rotatable bonds is 7. The van der Waals surface area contributed by atoms with Gasteiger partial charge in [-0.3, -0.25) is 0 Å². The number of hydrogen-bond acceptors (Lipinski definition) is 8. The molecular weight excluding hydrogens is 641 g/mol. The smallest absolute Gasteiger partial charge is 0.0536 e. The Morgan fingerprint density at radius 2 is 0.675 bits per heavy atom. The van der Waals surface area contributed by atoms with Crippen LogP contribution >= 0.6 is 90.7 Å². The molecule has 8 aromatic rings. The van der Waals surface area contributed by atoms with Gasteiger partial charge in [0.05, 0.1) is 9.75 Å². The highest BCUT2D eigenvalue weighted by Gasteiger charge is 2.20. The van der Waals surface area contributed by atoms with Crippen LogP contribution in [0, 0.1) is 0 Å². The molecule has 8 aromatic heterocycles. The third-order valence-electron chi connectivity index (χ3n) is 6.47. The minimum Gasteiger partial charge on any atom is -0.143 e. The lowest BCUT2D eigenvalue weighted by Gasteiger charge is -1.99. The van der Waals surface area contributed by atoms with E-state index in [4.69, 9.17) is 0 Å². The van der Waals surface area contributed by atoms with Gasteiger partial charge in [0.25, 0.3) is 0 Å². The van der Waals surface area contributed by atoms with Crippen molar-refractivity contribution in [3.05, 3.63) is 106 Å². The predicted molar refractivity (Wildman–Crippen MR) is 188 cm³/mol. The van der Waals surface area contributed by atoms with Crippen LogP contribution in [0.25, 0.3) is 69.7 Å². The molecule has 0 N–H and O–H groups in total. The van der Waals surface area contributed by atoms with Gasteiger partial charge in [-0.25, -0.2) is 0 Å². The average molecular weight is 659 g/mol. The lowest BCUT2D eigenvalue weighted by molar-refractivity contribution is 1.84. The summed E-state index contributed by atoms with van der Waals surface area (Å²) < 4.78 is 0. The second-order valence-corrected chi connectivity index (χ2v) is 17.0. The molecule has 0 saturated heterocycles. The fraction of sp³-hybridized carbons (Fsp3) is 0. The standard InChI is InChI=1S/C32H18S8/c1-5-23(33-13-1)29-17-19(31(39-29)27-7-3-15-35-27)21-9-11-25(37-21)26-12-10-22(38-26)20-18-30(24-6-2-14-34-24)40-32(20)28-8-4-16-36-28/h1-18H. The molecule has 40 heavy (non-hydrogen) atoms. The minimum absolute atomic E-state index is 1.33. The van der Waals surface area contributed by atoms with E-state index < -0.39 is 0 Å². The monoisotopic (exact) mass is 658 g/mol. The molecule has 0 spiro atoms. The van der Waals surface area contributed by atoms with Gasteiger partial charge in [0.2, 0.25) is 0 Å². The normalized spacial score (nSPS) is 11.5. The molecule has 0 aliphatic rings. The molecule has 0 nitrogen and oxygen atoms in total. The van der Waals surface area contributed by atoms with Crippen molar-refractivity contribution in [2.24, 2.45) is 0 Å². The van der Waals surface area contributed by atoms with E-state index in [0.717, 1.165) is 0 Å². The molecule has 0 aromatic carbocycles. The van der Waals surface area contributed by atoms with Gasteiger partial charge in [-0.1, -0.05) is 24.3 Å². The van der Waals surface area contributed by atoms with E-state index in [1.807, 2.05) is 90.7 Å². The first-order valence-corrected chi connectivity index (χ1v) is 19.2. The lowest BCUT2D eigenvalue weighted by atomic mass is 10.1. The van der Waals surface area contributed by atoms with E-state index in [-0.39, 0.29) is 0 Å². The molecule has 0 amide bonds. The Bertz CT molecular complexity index is 1840.